The monoisotopic (exact) mass is 437 g/mol. The molecular weight excluding hydrogens is 409 g/mol. The maximum absolute atomic E-state index is 5.39. The Morgan fingerprint density at radius 1 is 1.13 bits per heavy atom. The molecule has 0 bridgehead atoms. The molecule has 7 heteroatoms. The molecule has 6 nitrogen and oxygen atoms in total. The van der Waals surface area contributed by atoms with Crippen molar-refractivity contribution >= 4 is 29.9 Å². The van der Waals surface area contributed by atoms with Gasteiger partial charge in [0.2, 0.25) is 0 Å². The van der Waals surface area contributed by atoms with Crippen molar-refractivity contribution in [2.75, 3.05) is 41.0 Å². The molecule has 1 rings (SSSR count). The summed E-state index contributed by atoms with van der Waals surface area (Å²) in [5, 5.41) is 6.50. The van der Waals surface area contributed by atoms with Crippen LogP contribution in [0.5, 0.6) is 11.5 Å². The summed E-state index contributed by atoms with van der Waals surface area (Å²) in [6, 6.07) is 5.74. The summed E-state index contributed by atoms with van der Waals surface area (Å²) in [7, 11) is 4.99. The number of ether oxygens (including phenoxy) is 3. The van der Waals surface area contributed by atoms with Gasteiger partial charge in [0, 0.05) is 38.4 Å². The summed E-state index contributed by atoms with van der Waals surface area (Å²) in [6.07, 6.45) is 0.937. The van der Waals surface area contributed by atoms with E-state index in [1.54, 1.807) is 21.3 Å². The summed E-state index contributed by atoms with van der Waals surface area (Å²) in [5.41, 5.74) is 1.01. The highest BCUT2D eigenvalue weighted by Gasteiger charge is 2.05. The smallest absolute Gasteiger partial charge is 0.191 e. The predicted molar refractivity (Wildman–Crippen MR) is 104 cm³/mol. The first-order valence-corrected chi connectivity index (χ1v) is 7.47. The van der Waals surface area contributed by atoms with Crippen LogP contribution in [0.2, 0.25) is 0 Å². The van der Waals surface area contributed by atoms with E-state index in [1.165, 1.54) is 0 Å². The third-order valence-corrected chi connectivity index (χ3v) is 3.06. The van der Waals surface area contributed by atoms with Gasteiger partial charge in [-0.3, -0.25) is 0 Å². The van der Waals surface area contributed by atoms with Crippen molar-refractivity contribution in [3.8, 4) is 11.5 Å². The Morgan fingerprint density at radius 2 is 1.91 bits per heavy atom. The molecule has 1 aromatic rings. The van der Waals surface area contributed by atoms with Gasteiger partial charge in [-0.15, -0.1) is 24.0 Å². The Labute approximate surface area is 156 Å². The number of methoxy groups -OCH3 is 3. The molecule has 0 heterocycles. The fourth-order valence-corrected chi connectivity index (χ4v) is 1.91. The lowest BCUT2D eigenvalue weighted by Gasteiger charge is -2.12. The number of nitrogens with one attached hydrogen (secondary N) is 2. The van der Waals surface area contributed by atoms with Crippen LogP contribution in [0.1, 0.15) is 18.9 Å². The lowest BCUT2D eigenvalue weighted by atomic mass is 10.2. The number of nitrogens with zero attached hydrogens (tertiary/aromatic N) is 1. The van der Waals surface area contributed by atoms with E-state index in [0.717, 1.165) is 49.1 Å². The van der Waals surface area contributed by atoms with Gasteiger partial charge >= 0.3 is 0 Å². The van der Waals surface area contributed by atoms with Crippen molar-refractivity contribution in [1.82, 2.24) is 10.6 Å². The zero-order valence-electron chi connectivity index (χ0n) is 14.3. The number of hydrogen-bond donors (Lipinski definition) is 2. The molecule has 1 aromatic carbocycles. The predicted octanol–water partition coefficient (Wildman–Crippen LogP) is 2.41. The van der Waals surface area contributed by atoms with Crippen molar-refractivity contribution in [1.29, 1.82) is 0 Å². The molecule has 0 atom stereocenters. The number of rotatable bonds is 9. The Kier molecular flexibility index (Phi) is 12.5. The second-order valence-corrected chi connectivity index (χ2v) is 4.65. The van der Waals surface area contributed by atoms with Crippen molar-refractivity contribution in [2.45, 2.75) is 19.9 Å². The molecule has 0 spiro atoms. The first-order chi connectivity index (χ1) is 10.7. The topological polar surface area (TPSA) is 64.1 Å². The number of halogens is 1. The van der Waals surface area contributed by atoms with Crippen LogP contribution in [0.3, 0.4) is 0 Å². The Balaban J connectivity index is 0.00000484. The van der Waals surface area contributed by atoms with E-state index in [4.69, 9.17) is 14.2 Å². The first-order valence-electron chi connectivity index (χ1n) is 7.47. The molecular formula is C16H28IN3O3. The average Bonchev–Trinajstić information content (AvgIpc) is 2.56. The molecule has 0 amide bonds. The van der Waals surface area contributed by atoms with Gasteiger partial charge in [0.1, 0.15) is 11.5 Å². The van der Waals surface area contributed by atoms with E-state index in [9.17, 15) is 0 Å². The van der Waals surface area contributed by atoms with Crippen molar-refractivity contribution < 1.29 is 14.2 Å². The molecule has 0 aliphatic rings. The van der Waals surface area contributed by atoms with Crippen molar-refractivity contribution in [3.63, 3.8) is 0 Å². The van der Waals surface area contributed by atoms with Gasteiger partial charge in [-0.25, -0.2) is 4.99 Å². The van der Waals surface area contributed by atoms with E-state index < -0.39 is 0 Å². The van der Waals surface area contributed by atoms with Crippen LogP contribution in [0.15, 0.2) is 23.2 Å². The van der Waals surface area contributed by atoms with Crippen molar-refractivity contribution in [3.05, 3.63) is 23.8 Å². The van der Waals surface area contributed by atoms with Crippen LogP contribution in [0.25, 0.3) is 0 Å². The standard InChI is InChI=1S/C16H27N3O3.HI/c1-5-17-16(18-9-6-10-20-2)19-12-13-7-8-14(21-3)11-15(13)22-4;/h7-8,11H,5-6,9-10,12H2,1-4H3,(H2,17,18,19);1H. The zero-order valence-corrected chi connectivity index (χ0v) is 16.7. The molecule has 0 aliphatic heterocycles. The fraction of sp³-hybridized carbons (Fsp3) is 0.562. The lowest BCUT2D eigenvalue weighted by Crippen LogP contribution is -2.38. The maximum Gasteiger partial charge on any atom is 0.191 e. The van der Waals surface area contributed by atoms with Gasteiger partial charge in [-0.05, 0) is 25.5 Å². The normalized spacial score (nSPS) is 10.7. The fourth-order valence-electron chi connectivity index (χ4n) is 1.91. The number of aliphatic imine (C=N–C) groups is 1. The molecule has 132 valence electrons. The van der Waals surface area contributed by atoms with Crippen LogP contribution in [0.4, 0.5) is 0 Å². The average molecular weight is 437 g/mol. The molecule has 0 saturated heterocycles. The van der Waals surface area contributed by atoms with E-state index in [2.05, 4.69) is 15.6 Å². The Bertz CT molecular complexity index is 470. The number of hydrogen-bond acceptors (Lipinski definition) is 4. The summed E-state index contributed by atoms with van der Waals surface area (Å²) in [6.45, 7) is 4.95. The minimum Gasteiger partial charge on any atom is -0.497 e. The number of benzene rings is 1. The van der Waals surface area contributed by atoms with E-state index in [0.29, 0.717) is 6.54 Å². The molecule has 0 radical (unpaired) electrons. The quantitative estimate of drug-likeness (QED) is 0.269. The second kappa shape index (κ2) is 13.2. The highest BCUT2D eigenvalue weighted by atomic mass is 127. The maximum atomic E-state index is 5.39. The van der Waals surface area contributed by atoms with Crippen LogP contribution < -0.4 is 20.1 Å². The van der Waals surface area contributed by atoms with Gasteiger partial charge < -0.3 is 24.8 Å². The lowest BCUT2D eigenvalue weighted by molar-refractivity contribution is 0.195. The second-order valence-electron chi connectivity index (χ2n) is 4.65. The van der Waals surface area contributed by atoms with Crippen molar-refractivity contribution in [2.24, 2.45) is 4.99 Å². The third-order valence-electron chi connectivity index (χ3n) is 3.06. The highest BCUT2D eigenvalue weighted by Crippen LogP contribution is 2.25. The van der Waals surface area contributed by atoms with Crippen LogP contribution in [-0.4, -0.2) is 47.0 Å². The minimum atomic E-state index is 0. The van der Waals surface area contributed by atoms with E-state index >= 15 is 0 Å². The van der Waals surface area contributed by atoms with Gasteiger partial charge in [0.05, 0.1) is 20.8 Å². The summed E-state index contributed by atoms with van der Waals surface area (Å²) < 4.78 is 15.6. The van der Waals surface area contributed by atoms with E-state index in [1.807, 2.05) is 25.1 Å². The van der Waals surface area contributed by atoms with Crippen LogP contribution in [-0.2, 0) is 11.3 Å². The number of guanidine groups is 1. The largest absolute Gasteiger partial charge is 0.497 e. The van der Waals surface area contributed by atoms with Crippen LogP contribution >= 0.6 is 24.0 Å². The molecule has 0 saturated carbocycles. The molecule has 0 unspecified atom stereocenters. The first kappa shape index (κ1) is 21.8. The molecule has 0 aromatic heterocycles. The molecule has 0 aliphatic carbocycles. The molecule has 0 fully saturated rings. The van der Waals surface area contributed by atoms with Gasteiger partial charge in [-0.2, -0.15) is 0 Å². The minimum absolute atomic E-state index is 0. The third kappa shape index (κ3) is 8.26. The van der Waals surface area contributed by atoms with Gasteiger partial charge in [0.25, 0.3) is 0 Å². The summed E-state index contributed by atoms with van der Waals surface area (Å²) >= 11 is 0. The van der Waals surface area contributed by atoms with E-state index in [-0.39, 0.29) is 24.0 Å². The Morgan fingerprint density at radius 3 is 2.52 bits per heavy atom. The SMILES string of the molecule is CCNC(=NCc1ccc(OC)cc1OC)NCCCOC.I. The highest BCUT2D eigenvalue weighted by molar-refractivity contribution is 14.0. The summed E-state index contributed by atoms with van der Waals surface area (Å²) in [5.74, 6) is 2.34. The van der Waals surface area contributed by atoms with Gasteiger partial charge in [0.15, 0.2) is 5.96 Å². The Hall–Kier alpha value is -1.22. The summed E-state index contributed by atoms with van der Waals surface area (Å²) in [4.78, 5) is 4.58. The van der Waals surface area contributed by atoms with Gasteiger partial charge in [-0.1, -0.05) is 0 Å². The van der Waals surface area contributed by atoms with Crippen LogP contribution in [0, 0.1) is 0 Å². The zero-order chi connectivity index (χ0) is 16.2. The molecule has 2 N–H and O–H groups in total. The molecule has 23 heavy (non-hydrogen) atoms.